The van der Waals surface area contributed by atoms with Gasteiger partial charge in [-0.3, -0.25) is 0 Å². The van der Waals surface area contributed by atoms with Crippen LogP contribution in [0.4, 0.5) is 16.3 Å². The number of halogens is 1. The molecule has 1 aromatic heterocycles. The first-order chi connectivity index (χ1) is 13.2. The van der Waals surface area contributed by atoms with E-state index in [-0.39, 0.29) is 6.09 Å². The lowest BCUT2D eigenvalue weighted by Crippen LogP contribution is -2.44. The molecule has 3 rings (SSSR count). The van der Waals surface area contributed by atoms with E-state index in [2.05, 4.69) is 15.5 Å². The van der Waals surface area contributed by atoms with Crippen molar-refractivity contribution in [1.29, 1.82) is 0 Å². The Labute approximate surface area is 170 Å². The van der Waals surface area contributed by atoms with Gasteiger partial charge in [-0.2, -0.15) is 0 Å². The van der Waals surface area contributed by atoms with Crippen molar-refractivity contribution in [1.82, 2.24) is 15.1 Å². The molecule has 0 spiro atoms. The van der Waals surface area contributed by atoms with E-state index in [1.54, 1.807) is 11.0 Å². The van der Waals surface area contributed by atoms with Crippen LogP contribution in [0.3, 0.4) is 0 Å². The molecular weight excluding hydrogens is 378 g/mol. The van der Waals surface area contributed by atoms with Gasteiger partial charge in [-0.1, -0.05) is 23.7 Å². The standard InChI is InChI=1S/C20H26ClN5O2/c1-20(2,3)28-19(27)26-10-8-15(9-11-26)23-14-6-4-13(5-7-14)16-12-17(21)24-25-18(16)22/h4-7,12,15,23H,8-11H2,1-3H3,(H2,22,25). The molecule has 0 unspecified atom stereocenters. The predicted molar refractivity (Wildman–Crippen MR) is 111 cm³/mol. The second-order valence-electron chi connectivity index (χ2n) is 7.93. The maximum absolute atomic E-state index is 12.2. The maximum atomic E-state index is 12.2. The van der Waals surface area contributed by atoms with Gasteiger partial charge in [0.15, 0.2) is 11.0 Å². The number of amides is 1. The van der Waals surface area contributed by atoms with E-state index in [1.165, 1.54) is 0 Å². The van der Waals surface area contributed by atoms with Gasteiger partial charge >= 0.3 is 6.09 Å². The lowest BCUT2D eigenvalue weighted by molar-refractivity contribution is 0.0210. The summed E-state index contributed by atoms with van der Waals surface area (Å²) in [4.78, 5) is 13.9. The fourth-order valence-electron chi connectivity index (χ4n) is 3.12. The Morgan fingerprint density at radius 1 is 1.21 bits per heavy atom. The summed E-state index contributed by atoms with van der Waals surface area (Å²) in [7, 11) is 0. The highest BCUT2D eigenvalue weighted by Crippen LogP contribution is 2.27. The Bertz CT molecular complexity index is 827. The predicted octanol–water partition coefficient (Wildman–Crippen LogP) is 4.19. The van der Waals surface area contributed by atoms with Crippen molar-refractivity contribution in [2.45, 2.75) is 45.3 Å². The average Bonchev–Trinajstić information content (AvgIpc) is 2.64. The van der Waals surface area contributed by atoms with E-state index in [4.69, 9.17) is 22.1 Å². The second-order valence-corrected chi connectivity index (χ2v) is 8.32. The summed E-state index contributed by atoms with van der Waals surface area (Å²) in [5.41, 5.74) is 8.14. The third kappa shape index (κ3) is 5.25. The van der Waals surface area contributed by atoms with E-state index in [0.29, 0.717) is 30.1 Å². The zero-order valence-corrected chi connectivity index (χ0v) is 17.2. The molecule has 1 aliphatic rings. The zero-order chi connectivity index (χ0) is 20.3. The Morgan fingerprint density at radius 3 is 2.46 bits per heavy atom. The van der Waals surface area contributed by atoms with Gasteiger partial charge in [0.2, 0.25) is 0 Å². The van der Waals surface area contributed by atoms with Crippen LogP contribution in [0.5, 0.6) is 0 Å². The van der Waals surface area contributed by atoms with Crippen molar-refractivity contribution in [3.8, 4) is 11.1 Å². The molecule has 2 heterocycles. The number of rotatable bonds is 3. The van der Waals surface area contributed by atoms with Crippen LogP contribution < -0.4 is 11.1 Å². The number of likely N-dealkylation sites (tertiary alicyclic amines) is 1. The van der Waals surface area contributed by atoms with Gasteiger partial charge in [-0.15, -0.1) is 10.2 Å². The minimum atomic E-state index is -0.466. The minimum Gasteiger partial charge on any atom is -0.444 e. The molecule has 1 saturated heterocycles. The van der Waals surface area contributed by atoms with Gasteiger partial charge in [0.1, 0.15) is 5.60 Å². The monoisotopic (exact) mass is 403 g/mol. The Morgan fingerprint density at radius 2 is 1.86 bits per heavy atom. The first-order valence-electron chi connectivity index (χ1n) is 9.35. The van der Waals surface area contributed by atoms with Gasteiger partial charge in [0.05, 0.1) is 0 Å². The first kappa shape index (κ1) is 20.2. The summed E-state index contributed by atoms with van der Waals surface area (Å²) in [6, 6.07) is 9.97. The van der Waals surface area contributed by atoms with Crippen LogP contribution in [0.25, 0.3) is 11.1 Å². The Balaban J connectivity index is 1.56. The number of nitrogen functional groups attached to an aromatic ring is 1. The molecule has 7 nitrogen and oxygen atoms in total. The molecule has 1 aliphatic heterocycles. The molecule has 0 saturated carbocycles. The van der Waals surface area contributed by atoms with Gasteiger partial charge in [-0.05, 0) is 57.4 Å². The molecule has 1 amide bonds. The number of anilines is 2. The van der Waals surface area contributed by atoms with Crippen LogP contribution in [-0.2, 0) is 4.74 Å². The van der Waals surface area contributed by atoms with Gasteiger partial charge in [0, 0.05) is 30.4 Å². The Kier molecular flexibility index (Phi) is 5.93. The van der Waals surface area contributed by atoms with E-state index in [9.17, 15) is 4.79 Å². The molecule has 0 atom stereocenters. The fourth-order valence-corrected chi connectivity index (χ4v) is 3.27. The number of carbonyl (C=O) groups excluding carboxylic acids is 1. The van der Waals surface area contributed by atoms with Crippen LogP contribution in [0.15, 0.2) is 30.3 Å². The Hall–Kier alpha value is -2.54. The summed E-state index contributed by atoms with van der Waals surface area (Å²) in [5, 5.41) is 11.4. The highest BCUT2D eigenvalue weighted by Gasteiger charge is 2.26. The molecule has 1 aromatic carbocycles. The largest absolute Gasteiger partial charge is 0.444 e. The number of nitrogens with two attached hydrogens (primary N) is 1. The average molecular weight is 404 g/mol. The number of ether oxygens (including phenoxy) is 1. The van der Waals surface area contributed by atoms with Gasteiger partial charge in [0.25, 0.3) is 0 Å². The van der Waals surface area contributed by atoms with Crippen LogP contribution >= 0.6 is 11.6 Å². The number of nitrogens with one attached hydrogen (secondary N) is 1. The van der Waals surface area contributed by atoms with Gasteiger partial charge < -0.3 is 20.7 Å². The van der Waals surface area contributed by atoms with Crippen molar-refractivity contribution >= 4 is 29.2 Å². The third-order valence-electron chi connectivity index (χ3n) is 4.51. The molecule has 150 valence electrons. The lowest BCUT2D eigenvalue weighted by Gasteiger charge is -2.34. The topological polar surface area (TPSA) is 93.4 Å². The smallest absolute Gasteiger partial charge is 0.410 e. The number of carbonyl (C=O) groups is 1. The summed E-state index contributed by atoms with van der Waals surface area (Å²) in [6.45, 7) is 7.01. The van der Waals surface area contributed by atoms with Crippen LogP contribution in [0, 0.1) is 0 Å². The quantitative estimate of drug-likeness (QED) is 0.798. The van der Waals surface area contributed by atoms with Gasteiger partial charge in [-0.25, -0.2) is 4.79 Å². The van der Waals surface area contributed by atoms with E-state index < -0.39 is 5.60 Å². The summed E-state index contributed by atoms with van der Waals surface area (Å²) < 4.78 is 5.44. The minimum absolute atomic E-state index is 0.238. The van der Waals surface area contributed by atoms with Crippen LogP contribution in [0.2, 0.25) is 5.15 Å². The number of benzene rings is 1. The third-order valence-corrected chi connectivity index (χ3v) is 4.69. The van der Waals surface area contributed by atoms with Crippen molar-refractivity contribution in [2.24, 2.45) is 0 Å². The van der Waals surface area contributed by atoms with E-state index in [1.807, 2.05) is 45.0 Å². The highest BCUT2D eigenvalue weighted by molar-refractivity contribution is 6.29. The molecule has 0 bridgehead atoms. The molecule has 3 N–H and O–H groups in total. The summed E-state index contributed by atoms with van der Waals surface area (Å²) >= 11 is 5.92. The number of nitrogens with zero attached hydrogens (tertiary/aromatic N) is 3. The molecular formula is C20H26ClN5O2. The number of aromatic nitrogens is 2. The molecule has 0 aliphatic carbocycles. The van der Waals surface area contributed by atoms with Crippen molar-refractivity contribution in [3.05, 3.63) is 35.5 Å². The van der Waals surface area contributed by atoms with Crippen molar-refractivity contribution < 1.29 is 9.53 Å². The summed E-state index contributed by atoms with van der Waals surface area (Å²) in [5.74, 6) is 0.347. The van der Waals surface area contributed by atoms with E-state index in [0.717, 1.165) is 29.7 Å². The molecule has 28 heavy (non-hydrogen) atoms. The SMILES string of the molecule is CC(C)(C)OC(=O)N1CCC(Nc2ccc(-c3cc(Cl)nnc3N)cc2)CC1. The first-order valence-corrected chi connectivity index (χ1v) is 9.73. The number of hydrogen-bond donors (Lipinski definition) is 2. The normalized spacial score (nSPS) is 15.4. The highest BCUT2D eigenvalue weighted by atomic mass is 35.5. The second kappa shape index (κ2) is 8.22. The fraction of sp³-hybridized carbons (Fsp3) is 0.450. The molecule has 8 heteroatoms. The van der Waals surface area contributed by atoms with Crippen molar-refractivity contribution in [3.63, 3.8) is 0 Å². The number of piperidine rings is 1. The molecule has 1 fully saturated rings. The van der Waals surface area contributed by atoms with E-state index >= 15 is 0 Å². The molecule has 2 aromatic rings. The van der Waals surface area contributed by atoms with Crippen LogP contribution in [-0.4, -0.2) is 45.9 Å². The molecule has 0 radical (unpaired) electrons. The summed E-state index contributed by atoms with van der Waals surface area (Å²) in [6.07, 6.45) is 1.51. The number of hydrogen-bond acceptors (Lipinski definition) is 6. The zero-order valence-electron chi connectivity index (χ0n) is 16.4. The van der Waals surface area contributed by atoms with Crippen LogP contribution in [0.1, 0.15) is 33.6 Å². The van der Waals surface area contributed by atoms with Crippen molar-refractivity contribution in [2.75, 3.05) is 24.1 Å². The lowest BCUT2D eigenvalue weighted by atomic mass is 10.0. The maximum Gasteiger partial charge on any atom is 0.410 e.